The number of furan rings is 1. The van der Waals surface area contributed by atoms with Gasteiger partial charge in [0.1, 0.15) is 18.1 Å². The van der Waals surface area contributed by atoms with Gasteiger partial charge in [-0.25, -0.2) is 8.42 Å². The summed E-state index contributed by atoms with van der Waals surface area (Å²) in [4.78, 5) is 12.4. The summed E-state index contributed by atoms with van der Waals surface area (Å²) in [6, 6.07) is 18.9. The molecule has 0 radical (unpaired) electrons. The van der Waals surface area contributed by atoms with E-state index in [1.807, 2.05) is 30.3 Å². The Kier molecular flexibility index (Phi) is 5.46. The van der Waals surface area contributed by atoms with Crippen molar-refractivity contribution in [3.8, 4) is 5.75 Å². The summed E-state index contributed by atoms with van der Waals surface area (Å²) >= 11 is 0. The number of anilines is 2. The van der Waals surface area contributed by atoms with Gasteiger partial charge in [-0.3, -0.25) is 9.52 Å². The lowest BCUT2D eigenvalue weighted by molar-refractivity contribution is 0.0992. The lowest BCUT2D eigenvalue weighted by atomic mass is 10.2. The summed E-state index contributed by atoms with van der Waals surface area (Å²) in [5, 5.41) is 2.64. The molecule has 0 fully saturated rings. The average molecular weight is 386 g/mol. The second-order valence-electron chi connectivity index (χ2n) is 5.74. The van der Waals surface area contributed by atoms with Crippen LogP contribution in [-0.4, -0.2) is 20.6 Å². The van der Waals surface area contributed by atoms with Crippen LogP contribution in [0.3, 0.4) is 0 Å². The zero-order valence-corrected chi connectivity index (χ0v) is 15.3. The molecule has 27 heavy (non-hydrogen) atoms. The number of nitrogens with one attached hydrogen (secondary N) is 2. The van der Waals surface area contributed by atoms with E-state index in [0.717, 1.165) is 6.26 Å². The number of rotatable bonds is 7. The van der Waals surface area contributed by atoms with Gasteiger partial charge in [-0.15, -0.1) is 0 Å². The largest absolute Gasteiger partial charge is 0.486 e. The minimum Gasteiger partial charge on any atom is -0.486 e. The monoisotopic (exact) mass is 386 g/mol. The first-order valence-electron chi connectivity index (χ1n) is 8.05. The van der Waals surface area contributed by atoms with Crippen LogP contribution in [0.4, 0.5) is 11.4 Å². The number of hydrogen-bond donors (Lipinski definition) is 2. The fourth-order valence-electron chi connectivity index (χ4n) is 2.31. The van der Waals surface area contributed by atoms with Crippen LogP contribution in [0.5, 0.6) is 5.75 Å². The maximum atomic E-state index is 12.4. The predicted molar refractivity (Wildman–Crippen MR) is 102 cm³/mol. The third-order valence-electron chi connectivity index (χ3n) is 3.48. The van der Waals surface area contributed by atoms with E-state index in [9.17, 15) is 13.2 Å². The third-order valence-corrected chi connectivity index (χ3v) is 4.07. The summed E-state index contributed by atoms with van der Waals surface area (Å²) < 4.78 is 36.3. The first-order valence-corrected chi connectivity index (χ1v) is 9.94. The van der Waals surface area contributed by atoms with Crippen LogP contribution in [-0.2, 0) is 16.6 Å². The highest BCUT2D eigenvalue weighted by Crippen LogP contribution is 2.23. The van der Waals surface area contributed by atoms with Gasteiger partial charge in [0.25, 0.3) is 5.91 Å². The normalized spacial score (nSPS) is 11.0. The molecular formula is C19H18N2O5S. The van der Waals surface area contributed by atoms with E-state index in [2.05, 4.69) is 10.0 Å². The predicted octanol–water partition coefficient (Wildman–Crippen LogP) is 3.48. The number of para-hydroxylation sites is 3. The topological polar surface area (TPSA) is 97.6 Å². The Balaban J connectivity index is 1.66. The van der Waals surface area contributed by atoms with E-state index in [4.69, 9.17) is 9.15 Å². The van der Waals surface area contributed by atoms with E-state index in [-0.39, 0.29) is 18.1 Å². The van der Waals surface area contributed by atoms with E-state index >= 15 is 0 Å². The quantitative estimate of drug-likeness (QED) is 0.648. The van der Waals surface area contributed by atoms with E-state index < -0.39 is 15.9 Å². The molecule has 0 spiro atoms. The molecule has 0 saturated heterocycles. The van der Waals surface area contributed by atoms with Crippen molar-refractivity contribution in [2.75, 3.05) is 16.3 Å². The van der Waals surface area contributed by atoms with Crippen molar-refractivity contribution in [3.63, 3.8) is 0 Å². The van der Waals surface area contributed by atoms with Gasteiger partial charge in [0.15, 0.2) is 5.76 Å². The maximum Gasteiger partial charge on any atom is 0.291 e. The second-order valence-corrected chi connectivity index (χ2v) is 7.49. The summed E-state index contributed by atoms with van der Waals surface area (Å²) in [6.07, 6.45) is 1.04. The molecule has 8 heteroatoms. The molecule has 2 N–H and O–H groups in total. The number of benzene rings is 2. The molecule has 7 nitrogen and oxygen atoms in total. The maximum absolute atomic E-state index is 12.4. The smallest absolute Gasteiger partial charge is 0.291 e. The van der Waals surface area contributed by atoms with Crippen molar-refractivity contribution in [2.45, 2.75) is 6.61 Å². The Morgan fingerprint density at radius 2 is 1.63 bits per heavy atom. The number of carbonyl (C=O) groups excluding carboxylic acids is 1. The lowest BCUT2D eigenvalue weighted by Gasteiger charge is -2.11. The van der Waals surface area contributed by atoms with Gasteiger partial charge in [0.05, 0.1) is 17.6 Å². The summed E-state index contributed by atoms with van der Waals surface area (Å²) in [5.74, 6) is 0.784. The molecule has 1 aromatic heterocycles. The number of ether oxygens (including phenoxy) is 1. The van der Waals surface area contributed by atoms with Crippen LogP contribution in [0, 0.1) is 0 Å². The molecule has 3 rings (SSSR count). The fourth-order valence-corrected chi connectivity index (χ4v) is 2.89. The molecule has 0 aliphatic carbocycles. The van der Waals surface area contributed by atoms with Crippen molar-refractivity contribution >= 4 is 27.3 Å². The third kappa shape index (κ3) is 5.35. The Hall–Kier alpha value is -3.26. The van der Waals surface area contributed by atoms with Gasteiger partial charge in [0.2, 0.25) is 10.0 Å². The highest BCUT2D eigenvalue weighted by molar-refractivity contribution is 7.92. The van der Waals surface area contributed by atoms with Crippen LogP contribution in [0.2, 0.25) is 0 Å². The first kappa shape index (κ1) is 18.5. The highest BCUT2D eigenvalue weighted by Gasteiger charge is 2.15. The van der Waals surface area contributed by atoms with Crippen LogP contribution < -0.4 is 14.8 Å². The zero-order chi connectivity index (χ0) is 19.3. The van der Waals surface area contributed by atoms with Crippen LogP contribution in [0.15, 0.2) is 71.1 Å². The minimum absolute atomic E-state index is 0.0934. The zero-order valence-electron chi connectivity index (χ0n) is 14.5. The Bertz CT molecular complexity index is 1030. The molecule has 0 aliphatic rings. The molecule has 1 heterocycles. The Labute approximate surface area is 157 Å². The molecule has 0 unspecified atom stereocenters. The van der Waals surface area contributed by atoms with Crippen molar-refractivity contribution in [2.24, 2.45) is 0 Å². The number of amides is 1. The molecule has 3 aromatic rings. The van der Waals surface area contributed by atoms with Gasteiger partial charge in [-0.05, 0) is 36.4 Å². The molecule has 1 amide bonds. The van der Waals surface area contributed by atoms with Gasteiger partial charge in [-0.2, -0.15) is 0 Å². The SMILES string of the molecule is CS(=O)(=O)Nc1ccccc1NC(=O)c1ccc(COc2ccccc2)o1. The summed E-state index contributed by atoms with van der Waals surface area (Å²) in [6.45, 7) is 0.184. The standard InChI is InChI=1S/C19H18N2O5S/c1-27(23,24)21-17-10-6-5-9-16(17)20-19(22)18-12-11-15(26-18)13-25-14-7-3-2-4-8-14/h2-12,21H,13H2,1H3,(H,20,22). The average Bonchev–Trinajstić information content (AvgIpc) is 3.10. The first-order chi connectivity index (χ1) is 12.9. The van der Waals surface area contributed by atoms with Gasteiger partial charge in [0, 0.05) is 0 Å². The molecule has 0 bridgehead atoms. The molecule has 140 valence electrons. The van der Waals surface area contributed by atoms with Gasteiger partial charge in [-0.1, -0.05) is 30.3 Å². The minimum atomic E-state index is -3.47. The molecule has 2 aromatic carbocycles. The van der Waals surface area contributed by atoms with E-state index in [1.165, 1.54) is 6.07 Å². The van der Waals surface area contributed by atoms with E-state index in [1.54, 1.807) is 30.3 Å². The van der Waals surface area contributed by atoms with Gasteiger partial charge >= 0.3 is 0 Å². The molecule has 0 saturated carbocycles. The van der Waals surface area contributed by atoms with Crippen molar-refractivity contribution < 1.29 is 22.4 Å². The Morgan fingerprint density at radius 1 is 0.963 bits per heavy atom. The van der Waals surface area contributed by atoms with Crippen molar-refractivity contribution in [1.29, 1.82) is 0 Å². The van der Waals surface area contributed by atoms with Crippen LogP contribution >= 0.6 is 0 Å². The molecular weight excluding hydrogens is 368 g/mol. The lowest BCUT2D eigenvalue weighted by Crippen LogP contribution is -2.15. The second kappa shape index (κ2) is 7.96. The van der Waals surface area contributed by atoms with Crippen molar-refractivity contribution in [3.05, 3.63) is 78.3 Å². The Morgan fingerprint density at radius 3 is 2.33 bits per heavy atom. The highest BCUT2D eigenvalue weighted by atomic mass is 32.2. The van der Waals surface area contributed by atoms with Gasteiger partial charge < -0.3 is 14.5 Å². The fraction of sp³-hybridized carbons (Fsp3) is 0.105. The van der Waals surface area contributed by atoms with Crippen LogP contribution in [0.25, 0.3) is 0 Å². The molecule has 0 atom stereocenters. The summed E-state index contributed by atoms with van der Waals surface area (Å²) in [5.41, 5.74) is 0.596. The number of sulfonamides is 1. The summed E-state index contributed by atoms with van der Waals surface area (Å²) in [7, 11) is -3.47. The van der Waals surface area contributed by atoms with Crippen LogP contribution in [0.1, 0.15) is 16.3 Å². The number of carbonyl (C=O) groups is 1. The van der Waals surface area contributed by atoms with Crippen molar-refractivity contribution in [1.82, 2.24) is 0 Å². The van der Waals surface area contributed by atoms with E-state index in [0.29, 0.717) is 17.2 Å². The number of hydrogen-bond acceptors (Lipinski definition) is 5. The molecule has 0 aliphatic heterocycles.